The summed E-state index contributed by atoms with van der Waals surface area (Å²) in [6, 6.07) is 12.9. The molecule has 0 aromatic heterocycles. The smallest absolute Gasteiger partial charge is 0.161 e. The average Bonchev–Trinajstić information content (AvgIpc) is 2.54. The van der Waals surface area contributed by atoms with Crippen LogP contribution in [0.3, 0.4) is 0 Å². The normalized spacial score (nSPS) is 10.3. The van der Waals surface area contributed by atoms with E-state index in [9.17, 15) is 0 Å². The lowest BCUT2D eigenvalue weighted by Gasteiger charge is -2.10. The lowest BCUT2D eigenvalue weighted by Crippen LogP contribution is -2.03. The van der Waals surface area contributed by atoms with Crippen LogP contribution in [0.25, 0.3) is 0 Å². The number of nitrogen functional groups attached to an aromatic ring is 1. The SMILES string of the molecule is COc1ccccc1OCCCCOc1ccc(Cl)c(N)c1. The molecule has 0 unspecified atom stereocenters. The molecule has 0 saturated heterocycles. The fourth-order valence-electron chi connectivity index (χ4n) is 1.93. The zero-order valence-corrected chi connectivity index (χ0v) is 13.3. The van der Waals surface area contributed by atoms with Gasteiger partial charge in [-0.3, -0.25) is 0 Å². The van der Waals surface area contributed by atoms with E-state index >= 15 is 0 Å². The highest BCUT2D eigenvalue weighted by atomic mass is 35.5. The van der Waals surface area contributed by atoms with Crippen LogP contribution >= 0.6 is 11.6 Å². The number of halogens is 1. The monoisotopic (exact) mass is 321 g/mol. The maximum Gasteiger partial charge on any atom is 0.161 e. The number of rotatable bonds is 8. The third kappa shape index (κ3) is 4.74. The molecule has 118 valence electrons. The number of hydrogen-bond acceptors (Lipinski definition) is 4. The van der Waals surface area contributed by atoms with Crippen molar-refractivity contribution in [2.45, 2.75) is 12.8 Å². The molecule has 2 aromatic rings. The molecular formula is C17H20ClNO3. The van der Waals surface area contributed by atoms with Gasteiger partial charge in [0.05, 0.1) is 31.0 Å². The quantitative estimate of drug-likeness (QED) is 0.585. The van der Waals surface area contributed by atoms with Crippen LogP contribution < -0.4 is 19.9 Å². The predicted molar refractivity (Wildman–Crippen MR) is 89.1 cm³/mol. The molecule has 0 bridgehead atoms. The molecule has 0 amide bonds. The minimum atomic E-state index is 0.527. The van der Waals surface area contributed by atoms with Crippen LogP contribution in [-0.2, 0) is 0 Å². The van der Waals surface area contributed by atoms with Crippen LogP contribution in [0, 0.1) is 0 Å². The van der Waals surface area contributed by atoms with Crippen molar-refractivity contribution in [3.63, 3.8) is 0 Å². The number of nitrogens with two attached hydrogens (primary N) is 1. The maximum absolute atomic E-state index is 5.86. The van der Waals surface area contributed by atoms with Gasteiger partial charge in [-0.1, -0.05) is 23.7 Å². The molecule has 0 atom stereocenters. The number of para-hydroxylation sites is 2. The molecule has 5 heteroatoms. The Morgan fingerprint density at radius 3 is 2.32 bits per heavy atom. The van der Waals surface area contributed by atoms with E-state index in [0.29, 0.717) is 23.9 Å². The Morgan fingerprint density at radius 2 is 1.64 bits per heavy atom. The second-order valence-electron chi connectivity index (χ2n) is 4.74. The van der Waals surface area contributed by atoms with Gasteiger partial charge in [0.1, 0.15) is 5.75 Å². The Balaban J connectivity index is 1.66. The molecule has 0 heterocycles. The topological polar surface area (TPSA) is 53.7 Å². The summed E-state index contributed by atoms with van der Waals surface area (Å²) in [4.78, 5) is 0. The highest BCUT2D eigenvalue weighted by Crippen LogP contribution is 2.26. The van der Waals surface area contributed by atoms with E-state index in [1.165, 1.54) is 0 Å². The van der Waals surface area contributed by atoms with Crippen LogP contribution in [0.15, 0.2) is 42.5 Å². The maximum atomic E-state index is 5.86. The molecule has 0 saturated carbocycles. The van der Waals surface area contributed by atoms with E-state index < -0.39 is 0 Å². The molecule has 22 heavy (non-hydrogen) atoms. The van der Waals surface area contributed by atoms with Gasteiger partial charge in [0.2, 0.25) is 0 Å². The minimum absolute atomic E-state index is 0.527. The minimum Gasteiger partial charge on any atom is -0.494 e. The number of hydrogen-bond donors (Lipinski definition) is 1. The van der Waals surface area contributed by atoms with Crippen molar-refractivity contribution >= 4 is 17.3 Å². The number of unbranched alkanes of at least 4 members (excludes halogenated alkanes) is 1. The summed E-state index contributed by atoms with van der Waals surface area (Å²) in [5, 5.41) is 0.539. The lowest BCUT2D eigenvalue weighted by atomic mass is 10.3. The van der Waals surface area contributed by atoms with E-state index in [0.717, 1.165) is 30.1 Å². The molecule has 2 rings (SSSR count). The molecule has 0 aliphatic rings. The third-order valence-corrected chi connectivity index (χ3v) is 3.45. The van der Waals surface area contributed by atoms with Crippen LogP contribution in [0.2, 0.25) is 5.02 Å². The average molecular weight is 322 g/mol. The summed E-state index contributed by atoms with van der Waals surface area (Å²) in [7, 11) is 1.63. The lowest BCUT2D eigenvalue weighted by molar-refractivity contribution is 0.258. The largest absolute Gasteiger partial charge is 0.494 e. The van der Waals surface area contributed by atoms with Gasteiger partial charge in [-0.2, -0.15) is 0 Å². The standard InChI is InChI=1S/C17H20ClNO3/c1-20-16-6-2-3-7-17(16)22-11-5-4-10-21-13-8-9-14(18)15(19)12-13/h2-3,6-9,12H,4-5,10-11,19H2,1H3. The summed E-state index contributed by atoms with van der Waals surface area (Å²) in [6.45, 7) is 1.23. The molecular weight excluding hydrogens is 302 g/mol. The van der Waals surface area contributed by atoms with E-state index in [2.05, 4.69) is 0 Å². The van der Waals surface area contributed by atoms with Crippen molar-refractivity contribution in [1.29, 1.82) is 0 Å². The third-order valence-electron chi connectivity index (χ3n) is 3.10. The molecule has 0 aliphatic heterocycles. The Morgan fingerprint density at radius 1 is 0.955 bits per heavy atom. The Hall–Kier alpha value is -2.07. The zero-order valence-electron chi connectivity index (χ0n) is 12.5. The first kappa shape index (κ1) is 16.3. The number of ether oxygens (including phenoxy) is 3. The first-order chi connectivity index (χ1) is 10.7. The van der Waals surface area contributed by atoms with E-state index in [-0.39, 0.29) is 0 Å². The molecule has 0 fully saturated rings. The van der Waals surface area contributed by atoms with E-state index in [4.69, 9.17) is 31.5 Å². The van der Waals surface area contributed by atoms with Crippen LogP contribution in [0.4, 0.5) is 5.69 Å². The van der Waals surface area contributed by atoms with Crippen molar-refractivity contribution in [1.82, 2.24) is 0 Å². The van der Waals surface area contributed by atoms with Gasteiger partial charge in [-0.05, 0) is 37.1 Å². The Bertz CT molecular complexity index is 604. The van der Waals surface area contributed by atoms with Gasteiger partial charge in [-0.15, -0.1) is 0 Å². The molecule has 0 spiro atoms. The fourth-order valence-corrected chi connectivity index (χ4v) is 2.04. The zero-order chi connectivity index (χ0) is 15.8. The van der Waals surface area contributed by atoms with Crippen molar-refractivity contribution in [2.24, 2.45) is 0 Å². The highest BCUT2D eigenvalue weighted by molar-refractivity contribution is 6.33. The molecule has 0 aliphatic carbocycles. The predicted octanol–water partition coefficient (Wildman–Crippen LogP) is 4.17. The molecule has 2 aromatic carbocycles. The van der Waals surface area contributed by atoms with Crippen molar-refractivity contribution in [3.8, 4) is 17.2 Å². The van der Waals surface area contributed by atoms with Crippen LogP contribution in [-0.4, -0.2) is 20.3 Å². The van der Waals surface area contributed by atoms with Crippen molar-refractivity contribution < 1.29 is 14.2 Å². The summed E-state index contributed by atoms with van der Waals surface area (Å²) >= 11 is 5.86. The van der Waals surface area contributed by atoms with Gasteiger partial charge >= 0.3 is 0 Å². The van der Waals surface area contributed by atoms with Gasteiger partial charge in [0.25, 0.3) is 0 Å². The second-order valence-corrected chi connectivity index (χ2v) is 5.15. The molecule has 0 radical (unpaired) electrons. The van der Waals surface area contributed by atoms with Gasteiger partial charge < -0.3 is 19.9 Å². The first-order valence-corrected chi connectivity index (χ1v) is 7.52. The van der Waals surface area contributed by atoms with Gasteiger partial charge in [0.15, 0.2) is 11.5 Å². The van der Waals surface area contributed by atoms with Gasteiger partial charge in [-0.25, -0.2) is 0 Å². The summed E-state index contributed by atoms with van der Waals surface area (Å²) in [5.41, 5.74) is 6.25. The molecule has 2 N–H and O–H groups in total. The fraction of sp³-hybridized carbons (Fsp3) is 0.294. The number of methoxy groups -OCH3 is 1. The van der Waals surface area contributed by atoms with E-state index in [1.807, 2.05) is 30.3 Å². The van der Waals surface area contributed by atoms with Crippen LogP contribution in [0.5, 0.6) is 17.2 Å². The summed E-state index contributed by atoms with van der Waals surface area (Å²) in [6.07, 6.45) is 1.78. The first-order valence-electron chi connectivity index (χ1n) is 7.14. The Kier molecular flexibility index (Phi) is 6.22. The van der Waals surface area contributed by atoms with Crippen molar-refractivity contribution in [3.05, 3.63) is 47.5 Å². The van der Waals surface area contributed by atoms with Crippen molar-refractivity contribution in [2.75, 3.05) is 26.1 Å². The number of anilines is 1. The van der Waals surface area contributed by atoms with E-state index in [1.54, 1.807) is 19.2 Å². The Labute approximate surface area is 135 Å². The van der Waals surface area contributed by atoms with Crippen LogP contribution in [0.1, 0.15) is 12.8 Å². The summed E-state index contributed by atoms with van der Waals surface area (Å²) in [5.74, 6) is 2.24. The molecule has 4 nitrogen and oxygen atoms in total. The highest BCUT2D eigenvalue weighted by Gasteiger charge is 2.02. The number of benzene rings is 2. The summed E-state index contributed by atoms with van der Waals surface area (Å²) < 4.78 is 16.5. The van der Waals surface area contributed by atoms with Gasteiger partial charge in [0, 0.05) is 6.07 Å². The second kappa shape index (κ2) is 8.39.